The van der Waals surface area contributed by atoms with E-state index in [1.54, 1.807) is 0 Å². The molecule has 2 amide bonds. The van der Waals surface area contributed by atoms with Crippen molar-refractivity contribution in [2.75, 3.05) is 6.61 Å². The van der Waals surface area contributed by atoms with Gasteiger partial charge in [-0.2, -0.15) is 0 Å². The van der Waals surface area contributed by atoms with Gasteiger partial charge in [0, 0.05) is 0 Å². The standard InChI is InChI=1S/C30H49NO5Si/c1-7-8-9-14-19-26(32)20-15-11-16-21-27(36-37(5,6)30(2,3)4)28(33)31-25(23-35-29(31)34)22-24-17-12-10-13-18-24/h10-13,15,17-18,25-27,32H,7-9,14,16,19-23H2,1-6H3/b15-11+/t25-,26+,27-/m1/s1. The second kappa shape index (κ2) is 14.8. The Morgan fingerprint density at radius 3 is 2.51 bits per heavy atom. The fraction of sp³-hybridized carbons (Fsp3) is 0.667. The molecule has 0 saturated carbocycles. The van der Waals surface area contributed by atoms with Gasteiger partial charge in [0.05, 0.1) is 12.1 Å². The van der Waals surface area contributed by atoms with Gasteiger partial charge in [0.2, 0.25) is 0 Å². The van der Waals surface area contributed by atoms with Gasteiger partial charge in [-0.1, -0.05) is 95.9 Å². The van der Waals surface area contributed by atoms with Crippen molar-refractivity contribution in [2.45, 2.75) is 122 Å². The van der Waals surface area contributed by atoms with Gasteiger partial charge in [-0.25, -0.2) is 9.69 Å². The highest BCUT2D eigenvalue weighted by molar-refractivity contribution is 6.74. The monoisotopic (exact) mass is 531 g/mol. The van der Waals surface area contributed by atoms with E-state index in [0.717, 1.165) is 24.8 Å². The van der Waals surface area contributed by atoms with Crippen molar-refractivity contribution in [1.82, 2.24) is 4.90 Å². The van der Waals surface area contributed by atoms with E-state index in [1.807, 2.05) is 42.5 Å². The van der Waals surface area contributed by atoms with E-state index in [4.69, 9.17) is 9.16 Å². The molecule has 2 rings (SSSR count). The Morgan fingerprint density at radius 2 is 1.86 bits per heavy atom. The van der Waals surface area contributed by atoms with Crippen LogP contribution in [0.5, 0.6) is 0 Å². The van der Waals surface area contributed by atoms with E-state index in [1.165, 1.54) is 17.7 Å². The van der Waals surface area contributed by atoms with E-state index in [0.29, 0.717) is 25.7 Å². The minimum atomic E-state index is -2.27. The molecule has 1 fully saturated rings. The smallest absolute Gasteiger partial charge is 0.417 e. The summed E-state index contributed by atoms with van der Waals surface area (Å²) in [5.41, 5.74) is 1.06. The van der Waals surface area contributed by atoms with E-state index >= 15 is 0 Å². The Labute approximate surface area is 225 Å². The molecule has 0 aliphatic carbocycles. The first-order chi connectivity index (χ1) is 17.5. The number of amides is 2. The average Bonchev–Trinajstić information content (AvgIpc) is 3.19. The number of ether oxygens (including phenoxy) is 1. The lowest BCUT2D eigenvalue weighted by atomic mass is 10.0. The van der Waals surface area contributed by atoms with Crippen molar-refractivity contribution in [2.24, 2.45) is 0 Å². The van der Waals surface area contributed by atoms with Crippen molar-refractivity contribution in [1.29, 1.82) is 0 Å². The number of allylic oxidation sites excluding steroid dienone is 1. The Kier molecular flexibility index (Phi) is 12.5. The number of rotatable bonds is 15. The third kappa shape index (κ3) is 10.0. The number of carbonyl (C=O) groups is 2. The highest BCUT2D eigenvalue weighted by Crippen LogP contribution is 2.38. The van der Waals surface area contributed by atoms with Gasteiger partial charge in [0.15, 0.2) is 8.32 Å². The summed E-state index contributed by atoms with van der Waals surface area (Å²) >= 11 is 0. The number of benzene rings is 1. The molecule has 1 saturated heterocycles. The molecule has 1 aliphatic rings. The van der Waals surface area contributed by atoms with Crippen LogP contribution in [0.1, 0.15) is 84.6 Å². The van der Waals surface area contributed by atoms with Gasteiger partial charge in [-0.15, -0.1) is 0 Å². The zero-order chi connectivity index (χ0) is 27.5. The minimum Gasteiger partial charge on any atom is -0.447 e. The number of unbranched alkanes of at least 4 members (excludes halogenated alkanes) is 3. The van der Waals surface area contributed by atoms with Gasteiger partial charge in [-0.3, -0.25) is 4.79 Å². The summed E-state index contributed by atoms with van der Waals surface area (Å²) in [6, 6.07) is 9.51. The fourth-order valence-electron chi connectivity index (χ4n) is 4.23. The van der Waals surface area contributed by atoms with Crippen LogP contribution < -0.4 is 0 Å². The summed E-state index contributed by atoms with van der Waals surface area (Å²) in [4.78, 5) is 27.7. The number of cyclic esters (lactones) is 1. The number of hydrogen-bond acceptors (Lipinski definition) is 5. The summed E-state index contributed by atoms with van der Waals surface area (Å²) in [5.74, 6) is -0.308. The van der Waals surface area contributed by atoms with Crippen molar-refractivity contribution >= 4 is 20.3 Å². The predicted molar refractivity (Wildman–Crippen MR) is 152 cm³/mol. The molecular formula is C30H49NO5Si. The van der Waals surface area contributed by atoms with Crippen LogP contribution in [-0.2, 0) is 20.4 Å². The molecule has 0 radical (unpaired) electrons. The maximum absolute atomic E-state index is 13.8. The fourth-order valence-corrected chi connectivity index (χ4v) is 5.51. The largest absolute Gasteiger partial charge is 0.447 e. The van der Waals surface area contributed by atoms with Crippen LogP contribution in [0.25, 0.3) is 0 Å². The van der Waals surface area contributed by atoms with Crippen LogP contribution in [0, 0.1) is 0 Å². The minimum absolute atomic E-state index is 0.0712. The first-order valence-electron chi connectivity index (χ1n) is 14.0. The van der Waals surface area contributed by atoms with E-state index in [2.05, 4.69) is 40.8 Å². The zero-order valence-corrected chi connectivity index (χ0v) is 24.9. The Morgan fingerprint density at radius 1 is 1.16 bits per heavy atom. The van der Waals surface area contributed by atoms with Crippen LogP contribution in [0.2, 0.25) is 18.1 Å². The van der Waals surface area contributed by atoms with Crippen LogP contribution >= 0.6 is 0 Å². The lowest BCUT2D eigenvalue weighted by Gasteiger charge is -2.39. The number of aliphatic hydroxyl groups excluding tert-OH is 1. The quantitative estimate of drug-likeness (QED) is 0.149. The van der Waals surface area contributed by atoms with E-state index < -0.39 is 20.5 Å². The summed E-state index contributed by atoms with van der Waals surface area (Å²) < 4.78 is 11.9. The van der Waals surface area contributed by atoms with Gasteiger partial charge < -0.3 is 14.3 Å². The number of aliphatic hydroxyl groups is 1. The molecule has 0 aromatic heterocycles. The molecular weight excluding hydrogens is 482 g/mol. The normalized spacial score (nSPS) is 18.3. The molecule has 1 N–H and O–H groups in total. The Hall–Kier alpha value is -1.96. The summed E-state index contributed by atoms with van der Waals surface area (Å²) in [5, 5.41) is 10.2. The second-order valence-corrected chi connectivity index (χ2v) is 16.5. The number of nitrogens with zero attached hydrogens (tertiary/aromatic N) is 1. The van der Waals surface area contributed by atoms with Crippen molar-refractivity contribution in [3.63, 3.8) is 0 Å². The molecule has 208 valence electrons. The summed E-state index contributed by atoms with van der Waals surface area (Å²) in [6.45, 7) is 13.1. The molecule has 1 heterocycles. The molecule has 0 spiro atoms. The average molecular weight is 532 g/mol. The van der Waals surface area contributed by atoms with Gasteiger partial charge in [0.25, 0.3) is 5.91 Å². The zero-order valence-electron chi connectivity index (χ0n) is 23.9. The molecule has 6 nitrogen and oxygen atoms in total. The topological polar surface area (TPSA) is 76.1 Å². The van der Waals surface area contributed by atoms with Crippen LogP contribution in [-0.4, -0.2) is 55.2 Å². The molecule has 1 aromatic rings. The van der Waals surface area contributed by atoms with Gasteiger partial charge >= 0.3 is 6.09 Å². The number of imide groups is 1. The lowest BCUT2D eigenvalue weighted by Crippen LogP contribution is -2.52. The van der Waals surface area contributed by atoms with Crippen molar-refractivity contribution < 1.29 is 23.9 Å². The number of carbonyl (C=O) groups excluding carboxylic acids is 2. The van der Waals surface area contributed by atoms with E-state index in [9.17, 15) is 14.7 Å². The SMILES string of the molecule is CCCCCC[C@H](O)C/C=C/CC[C@@H](O[Si](C)(C)C(C)(C)C)C(=O)N1C(=O)OC[C@H]1Cc1ccccc1. The Bertz CT molecular complexity index is 864. The van der Waals surface area contributed by atoms with Gasteiger partial charge in [-0.05, 0) is 55.8 Å². The molecule has 1 aliphatic heterocycles. The maximum atomic E-state index is 13.8. The van der Waals surface area contributed by atoms with Crippen molar-refractivity contribution in [3.8, 4) is 0 Å². The number of hydrogen-bond donors (Lipinski definition) is 1. The lowest BCUT2D eigenvalue weighted by molar-refractivity contribution is -0.137. The van der Waals surface area contributed by atoms with Crippen LogP contribution in [0.15, 0.2) is 42.5 Å². The molecule has 3 atom stereocenters. The first-order valence-corrected chi connectivity index (χ1v) is 16.9. The van der Waals surface area contributed by atoms with E-state index in [-0.39, 0.29) is 29.7 Å². The highest BCUT2D eigenvalue weighted by atomic mass is 28.4. The third-order valence-electron chi connectivity index (χ3n) is 7.59. The Balaban J connectivity index is 2.06. The molecule has 0 unspecified atom stereocenters. The third-order valence-corrected chi connectivity index (χ3v) is 12.1. The van der Waals surface area contributed by atoms with Crippen LogP contribution in [0.4, 0.5) is 4.79 Å². The first kappa shape index (κ1) is 31.3. The molecule has 0 bridgehead atoms. The predicted octanol–water partition coefficient (Wildman–Crippen LogP) is 7.02. The van der Waals surface area contributed by atoms with Crippen LogP contribution in [0.3, 0.4) is 0 Å². The molecule has 1 aromatic carbocycles. The molecule has 37 heavy (non-hydrogen) atoms. The second-order valence-electron chi connectivity index (χ2n) is 11.8. The molecule has 7 heteroatoms. The highest BCUT2D eigenvalue weighted by Gasteiger charge is 2.45. The summed E-state index contributed by atoms with van der Waals surface area (Å²) in [6.07, 6.45) is 10.1. The van der Waals surface area contributed by atoms with Crippen molar-refractivity contribution in [3.05, 3.63) is 48.0 Å². The van der Waals surface area contributed by atoms with Gasteiger partial charge in [0.1, 0.15) is 12.7 Å². The summed E-state index contributed by atoms with van der Waals surface area (Å²) in [7, 11) is -2.27. The maximum Gasteiger partial charge on any atom is 0.417 e.